The summed E-state index contributed by atoms with van der Waals surface area (Å²) in [6.45, 7) is 4.97. The zero-order valence-corrected chi connectivity index (χ0v) is 16.9. The van der Waals surface area contributed by atoms with Crippen LogP contribution in [0, 0.1) is 0 Å². The monoisotopic (exact) mass is 411 g/mol. The lowest BCUT2D eigenvalue weighted by atomic mass is 10.2. The summed E-state index contributed by atoms with van der Waals surface area (Å²) in [5.41, 5.74) is 2.01. The molecule has 6 heteroatoms. The normalized spacial score (nSPS) is 14.7. The highest BCUT2D eigenvalue weighted by Crippen LogP contribution is 2.14. The van der Waals surface area contributed by atoms with Gasteiger partial charge in [0, 0.05) is 16.8 Å². The van der Waals surface area contributed by atoms with Gasteiger partial charge in [-0.2, -0.15) is 0 Å². The minimum atomic E-state index is -0.157. The molecule has 1 saturated heterocycles. The predicted octanol–water partition coefficient (Wildman–Crippen LogP) is 2.78. The molecule has 4 rings (SSSR count). The highest BCUT2D eigenvalue weighted by atomic mass is 35.5. The average molecular weight is 412 g/mol. The number of rotatable bonds is 6. The Balaban J connectivity index is 1.31. The number of hydrogen-bond acceptors (Lipinski definition) is 4. The van der Waals surface area contributed by atoms with E-state index in [4.69, 9.17) is 20.8 Å². The van der Waals surface area contributed by atoms with Crippen LogP contribution < -0.4 is 20.0 Å². The van der Waals surface area contributed by atoms with E-state index < -0.39 is 0 Å². The van der Waals surface area contributed by atoms with Crippen LogP contribution in [0.15, 0.2) is 76.1 Å². The molecule has 0 aliphatic carbocycles. The lowest BCUT2D eigenvalue weighted by molar-refractivity contribution is -0.915. The second kappa shape index (κ2) is 9.16. The molecule has 0 spiro atoms. The molecule has 1 aliphatic rings. The SMILES string of the molecule is O=c1cc(C[NH+]2CCN(c3ccccc3)CC2)occ1OCc1cccc(Cl)c1. The number of quaternary nitrogens is 1. The van der Waals surface area contributed by atoms with E-state index in [9.17, 15) is 4.79 Å². The molecule has 1 aromatic heterocycles. The van der Waals surface area contributed by atoms with E-state index >= 15 is 0 Å². The van der Waals surface area contributed by atoms with Crippen molar-refractivity contribution in [3.05, 3.63) is 93.5 Å². The molecule has 0 saturated carbocycles. The number of anilines is 1. The van der Waals surface area contributed by atoms with Gasteiger partial charge in [-0.1, -0.05) is 41.9 Å². The lowest BCUT2D eigenvalue weighted by Gasteiger charge is -2.33. The molecule has 0 atom stereocenters. The van der Waals surface area contributed by atoms with Crippen LogP contribution in [0.3, 0.4) is 0 Å². The maximum absolute atomic E-state index is 12.4. The number of halogens is 1. The minimum absolute atomic E-state index is 0.157. The Hall–Kier alpha value is -2.76. The van der Waals surface area contributed by atoms with E-state index in [0.29, 0.717) is 17.3 Å². The van der Waals surface area contributed by atoms with Gasteiger partial charge in [0.1, 0.15) is 19.4 Å². The Morgan fingerprint density at radius 1 is 1.03 bits per heavy atom. The van der Waals surface area contributed by atoms with Crippen molar-refractivity contribution in [2.75, 3.05) is 31.1 Å². The van der Waals surface area contributed by atoms with Crippen molar-refractivity contribution in [2.24, 2.45) is 0 Å². The van der Waals surface area contributed by atoms with Gasteiger partial charge in [-0.05, 0) is 29.8 Å². The highest BCUT2D eigenvalue weighted by Gasteiger charge is 2.21. The fraction of sp³-hybridized carbons (Fsp3) is 0.261. The molecule has 2 aromatic carbocycles. The van der Waals surface area contributed by atoms with Gasteiger partial charge < -0.3 is 19.0 Å². The van der Waals surface area contributed by atoms with Gasteiger partial charge in [0.2, 0.25) is 11.2 Å². The van der Waals surface area contributed by atoms with Gasteiger partial charge in [0.15, 0.2) is 5.76 Å². The van der Waals surface area contributed by atoms with Crippen LogP contribution in [0.5, 0.6) is 5.75 Å². The molecule has 29 heavy (non-hydrogen) atoms. The molecule has 3 aromatic rings. The molecular weight excluding hydrogens is 388 g/mol. The standard InChI is InChI=1S/C23H23ClN2O3/c24-19-6-4-5-18(13-19)16-29-23-17-28-21(14-22(23)27)15-25-9-11-26(12-10-25)20-7-2-1-3-8-20/h1-8,13-14,17H,9-12,15-16H2/p+1. The lowest BCUT2D eigenvalue weighted by Crippen LogP contribution is -3.13. The molecule has 1 aliphatic heterocycles. The van der Waals surface area contributed by atoms with Crippen LogP contribution in [-0.4, -0.2) is 26.2 Å². The first-order valence-electron chi connectivity index (χ1n) is 9.80. The van der Waals surface area contributed by atoms with E-state index in [2.05, 4.69) is 29.2 Å². The van der Waals surface area contributed by atoms with E-state index in [1.165, 1.54) is 16.9 Å². The summed E-state index contributed by atoms with van der Waals surface area (Å²) in [6.07, 6.45) is 1.42. The topological polar surface area (TPSA) is 47.1 Å². The first-order chi connectivity index (χ1) is 14.2. The summed E-state index contributed by atoms with van der Waals surface area (Å²) in [4.78, 5) is 16.2. The van der Waals surface area contributed by atoms with Crippen molar-refractivity contribution in [1.29, 1.82) is 0 Å². The predicted molar refractivity (Wildman–Crippen MR) is 114 cm³/mol. The van der Waals surface area contributed by atoms with E-state index in [-0.39, 0.29) is 17.8 Å². The van der Waals surface area contributed by atoms with Gasteiger partial charge in [0.05, 0.1) is 26.2 Å². The van der Waals surface area contributed by atoms with E-state index in [0.717, 1.165) is 31.7 Å². The average Bonchev–Trinajstić information content (AvgIpc) is 2.74. The quantitative estimate of drug-likeness (QED) is 0.677. The maximum Gasteiger partial charge on any atom is 0.227 e. The summed E-state index contributed by atoms with van der Waals surface area (Å²) in [5.74, 6) is 0.908. The number of benzene rings is 2. The fourth-order valence-corrected chi connectivity index (χ4v) is 3.78. The Morgan fingerprint density at radius 3 is 2.55 bits per heavy atom. The van der Waals surface area contributed by atoms with Crippen molar-refractivity contribution >= 4 is 17.3 Å². The number of hydrogen-bond donors (Lipinski definition) is 1. The van der Waals surface area contributed by atoms with Crippen LogP contribution >= 0.6 is 11.6 Å². The Labute approximate surface area is 175 Å². The van der Waals surface area contributed by atoms with Crippen molar-refractivity contribution in [2.45, 2.75) is 13.2 Å². The molecule has 1 fully saturated rings. The number of nitrogens with one attached hydrogen (secondary N) is 1. The fourth-order valence-electron chi connectivity index (χ4n) is 3.57. The van der Waals surface area contributed by atoms with Crippen molar-refractivity contribution in [3.8, 4) is 5.75 Å². The molecular formula is C23H24ClN2O3+. The Bertz CT molecular complexity index is 998. The Morgan fingerprint density at radius 2 is 1.83 bits per heavy atom. The maximum atomic E-state index is 12.4. The zero-order chi connectivity index (χ0) is 20.1. The highest BCUT2D eigenvalue weighted by molar-refractivity contribution is 6.30. The Kier molecular flexibility index (Phi) is 6.17. The molecule has 0 bridgehead atoms. The third kappa shape index (κ3) is 5.19. The third-order valence-corrected chi connectivity index (χ3v) is 5.39. The molecule has 0 amide bonds. The second-order valence-electron chi connectivity index (χ2n) is 7.24. The number of para-hydroxylation sites is 1. The molecule has 150 valence electrons. The van der Waals surface area contributed by atoms with E-state index in [1.807, 2.05) is 24.3 Å². The molecule has 2 heterocycles. The number of piperazine rings is 1. The smallest absolute Gasteiger partial charge is 0.227 e. The summed E-state index contributed by atoms with van der Waals surface area (Å²) < 4.78 is 11.3. The third-order valence-electron chi connectivity index (χ3n) is 5.15. The van der Waals surface area contributed by atoms with Crippen molar-refractivity contribution < 1.29 is 14.1 Å². The van der Waals surface area contributed by atoms with Gasteiger partial charge in [-0.25, -0.2) is 0 Å². The van der Waals surface area contributed by atoms with Crippen molar-refractivity contribution in [1.82, 2.24) is 0 Å². The summed E-state index contributed by atoms with van der Waals surface area (Å²) in [5, 5.41) is 0.642. The minimum Gasteiger partial charge on any atom is -0.482 e. The van der Waals surface area contributed by atoms with Gasteiger partial charge >= 0.3 is 0 Å². The molecule has 5 nitrogen and oxygen atoms in total. The summed E-state index contributed by atoms with van der Waals surface area (Å²) in [6, 6.07) is 19.4. The van der Waals surface area contributed by atoms with Crippen molar-refractivity contribution in [3.63, 3.8) is 0 Å². The number of nitrogens with zero attached hydrogens (tertiary/aromatic N) is 1. The summed E-state index contributed by atoms with van der Waals surface area (Å²) in [7, 11) is 0. The molecule has 0 unspecified atom stereocenters. The van der Waals surface area contributed by atoms with Crippen LogP contribution in [0.2, 0.25) is 5.02 Å². The van der Waals surface area contributed by atoms with Crippen LogP contribution in [0.4, 0.5) is 5.69 Å². The van der Waals surface area contributed by atoms with Crippen LogP contribution in [0.25, 0.3) is 0 Å². The molecule has 0 radical (unpaired) electrons. The van der Waals surface area contributed by atoms with Gasteiger partial charge in [-0.15, -0.1) is 0 Å². The molecule has 1 N–H and O–H groups in total. The first-order valence-corrected chi connectivity index (χ1v) is 10.2. The first kappa shape index (κ1) is 19.6. The number of ether oxygens (including phenoxy) is 1. The van der Waals surface area contributed by atoms with Gasteiger partial charge in [-0.3, -0.25) is 4.79 Å². The second-order valence-corrected chi connectivity index (χ2v) is 7.68. The van der Waals surface area contributed by atoms with Crippen LogP contribution in [0.1, 0.15) is 11.3 Å². The summed E-state index contributed by atoms with van der Waals surface area (Å²) >= 11 is 5.97. The largest absolute Gasteiger partial charge is 0.482 e. The van der Waals surface area contributed by atoms with Crippen LogP contribution in [-0.2, 0) is 13.2 Å². The van der Waals surface area contributed by atoms with E-state index in [1.54, 1.807) is 12.1 Å². The van der Waals surface area contributed by atoms with Gasteiger partial charge in [0.25, 0.3) is 0 Å². The zero-order valence-electron chi connectivity index (χ0n) is 16.1.